The van der Waals surface area contributed by atoms with E-state index in [-0.39, 0.29) is 0 Å². The third-order valence-corrected chi connectivity index (χ3v) is 1.07. The highest BCUT2D eigenvalue weighted by Crippen LogP contribution is 2.18. The molecule has 1 rings (SSSR count). The van der Waals surface area contributed by atoms with E-state index in [1.807, 2.05) is 13.0 Å². The van der Waals surface area contributed by atoms with Crippen molar-refractivity contribution in [2.45, 2.75) is 6.92 Å². The minimum absolute atomic E-state index is 0.650. The van der Waals surface area contributed by atoms with Crippen LogP contribution in [0.1, 0.15) is 12.7 Å². The Morgan fingerprint density at radius 2 is 2.60 bits per heavy atom. The fraction of sp³-hybridized carbons (Fsp3) is 0.143. The van der Waals surface area contributed by atoms with E-state index < -0.39 is 0 Å². The van der Waals surface area contributed by atoms with Gasteiger partial charge in [0.15, 0.2) is 5.76 Å². The number of nitrogens with zero attached hydrogens (tertiary/aromatic N) is 2. The molecule has 10 heavy (non-hydrogen) atoms. The van der Waals surface area contributed by atoms with Crippen LogP contribution in [-0.4, -0.2) is 11.9 Å². The Kier molecular flexibility index (Phi) is 1.99. The summed E-state index contributed by atoms with van der Waals surface area (Å²) in [5.41, 5.74) is 0.679. The zero-order valence-electron chi connectivity index (χ0n) is 5.74. The lowest BCUT2D eigenvalue weighted by atomic mass is 10.3. The van der Waals surface area contributed by atoms with Crippen molar-refractivity contribution in [3.8, 4) is 0 Å². The van der Waals surface area contributed by atoms with Crippen LogP contribution in [-0.2, 0) is 0 Å². The summed E-state index contributed by atoms with van der Waals surface area (Å²) in [6.07, 6.45) is 5.18. The molecular weight excluding hydrogens is 128 g/mol. The summed E-state index contributed by atoms with van der Waals surface area (Å²) >= 11 is 0. The Balaban J connectivity index is 3.00. The monoisotopic (exact) mass is 136 g/mol. The highest BCUT2D eigenvalue weighted by atomic mass is 16.5. The molecule has 1 heterocycles. The van der Waals surface area contributed by atoms with Crippen molar-refractivity contribution >= 4 is 18.5 Å². The minimum Gasteiger partial charge on any atom is -0.355 e. The van der Waals surface area contributed by atoms with Gasteiger partial charge in [0.2, 0.25) is 0 Å². The van der Waals surface area contributed by atoms with E-state index in [2.05, 4.69) is 16.9 Å². The van der Waals surface area contributed by atoms with Gasteiger partial charge in [-0.3, -0.25) is 4.99 Å². The van der Waals surface area contributed by atoms with Gasteiger partial charge in [-0.05, 0) is 19.7 Å². The van der Waals surface area contributed by atoms with E-state index in [4.69, 9.17) is 4.52 Å². The Labute approximate surface area is 59.1 Å². The van der Waals surface area contributed by atoms with Crippen LogP contribution in [0, 0.1) is 0 Å². The first-order valence-electron chi connectivity index (χ1n) is 2.92. The molecule has 0 aliphatic heterocycles. The lowest BCUT2D eigenvalue weighted by molar-refractivity contribution is 0.413. The van der Waals surface area contributed by atoms with Gasteiger partial charge in [-0.25, -0.2) is 0 Å². The number of rotatable bonds is 2. The number of aliphatic imine (C=N–C) groups is 1. The zero-order valence-corrected chi connectivity index (χ0v) is 5.74. The Hall–Kier alpha value is -1.38. The van der Waals surface area contributed by atoms with E-state index in [1.54, 1.807) is 6.08 Å². The molecule has 0 aliphatic carbocycles. The van der Waals surface area contributed by atoms with E-state index in [9.17, 15) is 0 Å². The molecule has 0 amide bonds. The molecule has 1 aromatic heterocycles. The van der Waals surface area contributed by atoms with Gasteiger partial charge >= 0.3 is 0 Å². The quantitative estimate of drug-likeness (QED) is 0.583. The van der Waals surface area contributed by atoms with Crippen LogP contribution >= 0.6 is 0 Å². The van der Waals surface area contributed by atoms with Crippen molar-refractivity contribution in [2.75, 3.05) is 0 Å². The third-order valence-electron chi connectivity index (χ3n) is 1.07. The maximum absolute atomic E-state index is 4.83. The number of aromatic nitrogens is 1. The molecule has 1 aromatic rings. The number of hydrogen-bond acceptors (Lipinski definition) is 3. The second kappa shape index (κ2) is 2.96. The van der Waals surface area contributed by atoms with E-state index in [1.165, 1.54) is 6.20 Å². The normalized spacial score (nSPS) is 10.5. The average Bonchev–Trinajstić information content (AvgIpc) is 2.36. The van der Waals surface area contributed by atoms with E-state index in [0.29, 0.717) is 11.4 Å². The summed E-state index contributed by atoms with van der Waals surface area (Å²) in [7, 11) is 0. The minimum atomic E-state index is 0.650. The molecule has 0 atom stereocenters. The first-order valence-corrected chi connectivity index (χ1v) is 2.92. The van der Waals surface area contributed by atoms with Crippen LogP contribution in [0.3, 0.4) is 0 Å². The molecule has 3 heteroatoms. The highest BCUT2D eigenvalue weighted by Gasteiger charge is 1.99. The van der Waals surface area contributed by atoms with Crippen molar-refractivity contribution < 1.29 is 4.52 Å². The predicted molar refractivity (Wildman–Crippen MR) is 40.4 cm³/mol. The van der Waals surface area contributed by atoms with Crippen LogP contribution in [0.4, 0.5) is 5.69 Å². The first kappa shape index (κ1) is 6.74. The molecule has 0 spiro atoms. The standard InChI is InChI=1S/C7H8N2O/c1-3-4-7-6(8-2)5-9-10-7/h3-5H,2H2,1H3/b4-3-. The van der Waals surface area contributed by atoms with Gasteiger partial charge in [-0.1, -0.05) is 11.2 Å². The van der Waals surface area contributed by atoms with Crippen molar-refractivity contribution in [1.82, 2.24) is 5.16 Å². The summed E-state index contributed by atoms with van der Waals surface area (Å²) < 4.78 is 4.83. The van der Waals surface area contributed by atoms with Crippen molar-refractivity contribution in [1.29, 1.82) is 0 Å². The van der Waals surface area contributed by atoms with Gasteiger partial charge in [0.25, 0.3) is 0 Å². The largest absolute Gasteiger partial charge is 0.355 e. The van der Waals surface area contributed by atoms with Gasteiger partial charge in [0.05, 0.1) is 6.20 Å². The molecule has 0 bridgehead atoms. The molecule has 0 saturated heterocycles. The zero-order chi connectivity index (χ0) is 7.40. The van der Waals surface area contributed by atoms with Crippen LogP contribution in [0.2, 0.25) is 0 Å². The average molecular weight is 136 g/mol. The fourth-order valence-corrected chi connectivity index (χ4v) is 0.629. The van der Waals surface area contributed by atoms with Gasteiger partial charge in [-0.15, -0.1) is 0 Å². The summed E-state index contributed by atoms with van der Waals surface area (Å²) in [5, 5.41) is 3.55. The van der Waals surface area contributed by atoms with Gasteiger partial charge in [0, 0.05) is 0 Å². The van der Waals surface area contributed by atoms with Crippen molar-refractivity contribution in [3.05, 3.63) is 18.0 Å². The van der Waals surface area contributed by atoms with Crippen LogP contribution in [0.25, 0.3) is 6.08 Å². The number of hydrogen-bond donors (Lipinski definition) is 0. The smallest absolute Gasteiger partial charge is 0.184 e. The van der Waals surface area contributed by atoms with Gasteiger partial charge in [-0.2, -0.15) is 0 Å². The highest BCUT2D eigenvalue weighted by molar-refractivity contribution is 5.59. The SMILES string of the molecule is C=Nc1cnoc1/C=C\C. The maximum atomic E-state index is 4.83. The summed E-state index contributed by atoms with van der Waals surface area (Å²) in [4.78, 5) is 3.69. The van der Waals surface area contributed by atoms with Crippen LogP contribution in [0.15, 0.2) is 21.8 Å². The van der Waals surface area contributed by atoms with E-state index >= 15 is 0 Å². The Bertz CT molecular complexity index is 250. The van der Waals surface area contributed by atoms with Crippen molar-refractivity contribution in [3.63, 3.8) is 0 Å². The lowest BCUT2D eigenvalue weighted by Crippen LogP contribution is -1.61. The molecule has 0 fully saturated rings. The Morgan fingerprint density at radius 3 is 3.20 bits per heavy atom. The summed E-state index contributed by atoms with van der Waals surface area (Å²) in [6, 6.07) is 0. The Morgan fingerprint density at radius 1 is 1.80 bits per heavy atom. The second-order valence-electron chi connectivity index (χ2n) is 1.73. The third kappa shape index (κ3) is 1.13. The summed E-state index contributed by atoms with van der Waals surface area (Å²) in [5.74, 6) is 0.650. The molecule has 52 valence electrons. The van der Waals surface area contributed by atoms with Crippen LogP contribution in [0.5, 0.6) is 0 Å². The maximum Gasteiger partial charge on any atom is 0.184 e. The molecule has 0 radical (unpaired) electrons. The predicted octanol–water partition coefficient (Wildman–Crippen LogP) is 2.04. The topological polar surface area (TPSA) is 38.4 Å². The van der Waals surface area contributed by atoms with Gasteiger partial charge < -0.3 is 4.52 Å². The summed E-state index contributed by atoms with van der Waals surface area (Å²) in [6.45, 7) is 5.26. The molecule has 0 saturated carbocycles. The van der Waals surface area contributed by atoms with Gasteiger partial charge in [0.1, 0.15) is 5.69 Å². The molecule has 3 nitrogen and oxygen atoms in total. The second-order valence-corrected chi connectivity index (χ2v) is 1.73. The fourth-order valence-electron chi connectivity index (χ4n) is 0.629. The molecule has 0 N–H and O–H groups in total. The first-order chi connectivity index (χ1) is 4.88. The molecule has 0 unspecified atom stereocenters. The molecule has 0 aromatic carbocycles. The van der Waals surface area contributed by atoms with E-state index in [0.717, 1.165) is 0 Å². The lowest BCUT2D eigenvalue weighted by Gasteiger charge is -1.82. The molecular formula is C7H8N2O. The number of allylic oxidation sites excluding steroid dienone is 1. The molecule has 0 aliphatic rings. The van der Waals surface area contributed by atoms with Crippen LogP contribution < -0.4 is 0 Å². The van der Waals surface area contributed by atoms with Crippen molar-refractivity contribution in [2.24, 2.45) is 4.99 Å².